The molecule has 0 aromatic heterocycles. The van der Waals surface area contributed by atoms with Gasteiger partial charge in [-0.15, -0.1) is 0 Å². The van der Waals surface area contributed by atoms with Crippen LogP contribution in [0.25, 0.3) is 0 Å². The molecule has 1 saturated carbocycles. The van der Waals surface area contributed by atoms with Gasteiger partial charge in [0.2, 0.25) is 15.9 Å². The van der Waals surface area contributed by atoms with Crippen molar-refractivity contribution in [3.8, 4) is 0 Å². The Bertz CT molecular complexity index is 507. The zero-order chi connectivity index (χ0) is 17.6. The number of nitrogens with one attached hydrogen (secondary N) is 1. The van der Waals surface area contributed by atoms with E-state index < -0.39 is 10.0 Å². The number of nitrogens with zero attached hydrogens (tertiary/aromatic N) is 1. The summed E-state index contributed by atoms with van der Waals surface area (Å²) in [6.45, 7) is 3.72. The molecule has 0 aromatic carbocycles. The summed E-state index contributed by atoms with van der Waals surface area (Å²) in [5, 5.41) is 0. The Morgan fingerprint density at radius 1 is 1.21 bits per heavy atom. The highest BCUT2D eigenvalue weighted by atomic mass is 32.2. The lowest BCUT2D eigenvalue weighted by molar-refractivity contribution is -0.135. The van der Waals surface area contributed by atoms with Crippen LogP contribution in [0.3, 0.4) is 0 Å². The van der Waals surface area contributed by atoms with E-state index in [2.05, 4.69) is 4.72 Å². The molecule has 24 heavy (non-hydrogen) atoms. The highest BCUT2D eigenvalue weighted by Gasteiger charge is 2.35. The number of sulfonamides is 1. The smallest absolute Gasteiger partial charge is 0.223 e. The van der Waals surface area contributed by atoms with Gasteiger partial charge in [-0.2, -0.15) is 0 Å². The van der Waals surface area contributed by atoms with Crippen LogP contribution in [-0.2, 0) is 14.8 Å². The molecule has 2 rings (SSSR count). The average molecular weight is 360 g/mol. The molecule has 0 spiro atoms. The summed E-state index contributed by atoms with van der Waals surface area (Å²) in [7, 11) is -3.18. The van der Waals surface area contributed by atoms with Crippen LogP contribution in [0.2, 0.25) is 0 Å². The van der Waals surface area contributed by atoms with E-state index >= 15 is 0 Å². The molecule has 140 valence electrons. The standard InChI is InChI=1S/C17H33N3O3S/c1-2-12-24(22,23)19-15-6-10-20(11-7-15)16(21)13-17(14-18)8-4-3-5-9-17/h15,19H,2-14,18H2,1H3. The van der Waals surface area contributed by atoms with Crippen LogP contribution in [0, 0.1) is 5.41 Å². The van der Waals surface area contributed by atoms with Crippen molar-refractivity contribution < 1.29 is 13.2 Å². The average Bonchev–Trinajstić information content (AvgIpc) is 2.56. The van der Waals surface area contributed by atoms with E-state index in [9.17, 15) is 13.2 Å². The van der Waals surface area contributed by atoms with Crippen molar-refractivity contribution in [2.45, 2.75) is 70.8 Å². The molecule has 0 bridgehead atoms. The zero-order valence-corrected chi connectivity index (χ0v) is 15.7. The van der Waals surface area contributed by atoms with Gasteiger partial charge in [0, 0.05) is 25.6 Å². The summed E-state index contributed by atoms with van der Waals surface area (Å²) in [6, 6.07) is -0.0382. The Hall–Kier alpha value is -0.660. The Morgan fingerprint density at radius 2 is 1.83 bits per heavy atom. The predicted molar refractivity (Wildman–Crippen MR) is 96.0 cm³/mol. The molecular formula is C17H33N3O3S. The topological polar surface area (TPSA) is 92.5 Å². The number of rotatable bonds is 7. The van der Waals surface area contributed by atoms with Crippen molar-refractivity contribution in [2.75, 3.05) is 25.4 Å². The van der Waals surface area contributed by atoms with E-state index in [0.717, 1.165) is 12.8 Å². The summed E-state index contributed by atoms with van der Waals surface area (Å²) >= 11 is 0. The van der Waals surface area contributed by atoms with Crippen LogP contribution < -0.4 is 10.5 Å². The van der Waals surface area contributed by atoms with Gasteiger partial charge in [-0.25, -0.2) is 13.1 Å². The number of nitrogens with two attached hydrogens (primary N) is 1. The minimum Gasteiger partial charge on any atom is -0.343 e. The molecule has 1 heterocycles. The van der Waals surface area contributed by atoms with Crippen molar-refractivity contribution in [2.24, 2.45) is 11.1 Å². The van der Waals surface area contributed by atoms with Crippen molar-refractivity contribution in [3.63, 3.8) is 0 Å². The molecule has 0 unspecified atom stereocenters. The van der Waals surface area contributed by atoms with Gasteiger partial charge in [-0.05, 0) is 44.1 Å². The van der Waals surface area contributed by atoms with Crippen molar-refractivity contribution in [1.29, 1.82) is 0 Å². The summed E-state index contributed by atoms with van der Waals surface area (Å²) in [6.07, 6.45) is 8.28. The molecule has 7 heteroatoms. The Balaban J connectivity index is 1.82. The third kappa shape index (κ3) is 5.43. The SMILES string of the molecule is CCCS(=O)(=O)NC1CCN(C(=O)CC2(CN)CCCCC2)CC1. The third-order valence-corrected chi connectivity index (χ3v) is 7.18. The first-order valence-corrected chi connectivity index (χ1v) is 11.0. The third-order valence-electron chi connectivity index (χ3n) is 5.54. The fraction of sp³-hybridized carbons (Fsp3) is 0.941. The molecule has 1 aliphatic heterocycles. The second-order valence-electron chi connectivity index (χ2n) is 7.53. The lowest BCUT2D eigenvalue weighted by Crippen LogP contribution is -2.48. The second-order valence-corrected chi connectivity index (χ2v) is 9.41. The monoisotopic (exact) mass is 359 g/mol. The van der Waals surface area contributed by atoms with Crippen molar-refractivity contribution >= 4 is 15.9 Å². The normalized spacial score (nSPS) is 22.5. The van der Waals surface area contributed by atoms with Crippen molar-refractivity contribution in [3.05, 3.63) is 0 Å². The number of hydrogen-bond acceptors (Lipinski definition) is 4. The van der Waals surface area contributed by atoms with Gasteiger partial charge >= 0.3 is 0 Å². The molecule has 3 N–H and O–H groups in total. The minimum atomic E-state index is -3.18. The highest BCUT2D eigenvalue weighted by molar-refractivity contribution is 7.89. The fourth-order valence-corrected chi connectivity index (χ4v) is 5.41. The molecular weight excluding hydrogens is 326 g/mol. The number of amides is 1. The minimum absolute atomic E-state index is 0.00506. The first-order chi connectivity index (χ1) is 11.4. The van der Waals surface area contributed by atoms with Crippen LogP contribution in [0.15, 0.2) is 0 Å². The van der Waals surface area contributed by atoms with Gasteiger partial charge in [0.15, 0.2) is 0 Å². The van der Waals surface area contributed by atoms with Crippen LogP contribution in [0.4, 0.5) is 0 Å². The van der Waals surface area contributed by atoms with E-state index in [0.29, 0.717) is 45.3 Å². The van der Waals surface area contributed by atoms with E-state index in [1.54, 1.807) is 0 Å². The second kappa shape index (κ2) is 8.63. The highest BCUT2D eigenvalue weighted by Crippen LogP contribution is 2.39. The van der Waals surface area contributed by atoms with Gasteiger partial charge in [-0.1, -0.05) is 26.2 Å². The summed E-state index contributed by atoms with van der Waals surface area (Å²) in [4.78, 5) is 14.6. The van der Waals surface area contributed by atoms with Gasteiger partial charge < -0.3 is 10.6 Å². The molecule has 2 aliphatic rings. The molecule has 0 aromatic rings. The largest absolute Gasteiger partial charge is 0.343 e. The van der Waals surface area contributed by atoms with Crippen molar-refractivity contribution in [1.82, 2.24) is 9.62 Å². The Labute approximate surface area is 146 Å². The summed E-state index contributed by atoms with van der Waals surface area (Å²) in [5.74, 6) is 0.364. The first-order valence-electron chi connectivity index (χ1n) is 9.37. The molecule has 6 nitrogen and oxygen atoms in total. The van der Waals surface area contributed by atoms with E-state index in [1.165, 1.54) is 19.3 Å². The molecule has 2 fully saturated rings. The molecule has 1 amide bonds. The Morgan fingerprint density at radius 3 is 2.38 bits per heavy atom. The molecule has 1 aliphatic carbocycles. The molecule has 1 saturated heterocycles. The number of likely N-dealkylation sites (tertiary alicyclic amines) is 1. The van der Waals surface area contributed by atoms with Gasteiger partial charge in [0.1, 0.15) is 0 Å². The number of carbonyl (C=O) groups is 1. The van der Waals surface area contributed by atoms with E-state index in [1.807, 2.05) is 11.8 Å². The predicted octanol–water partition coefficient (Wildman–Crippen LogP) is 1.61. The van der Waals surface area contributed by atoms with Crippen LogP contribution in [0.1, 0.15) is 64.7 Å². The van der Waals surface area contributed by atoms with E-state index in [4.69, 9.17) is 5.73 Å². The van der Waals surface area contributed by atoms with Gasteiger partial charge in [0.05, 0.1) is 5.75 Å². The fourth-order valence-electron chi connectivity index (χ4n) is 4.02. The summed E-state index contributed by atoms with van der Waals surface area (Å²) < 4.78 is 26.5. The maximum Gasteiger partial charge on any atom is 0.223 e. The first kappa shape index (κ1) is 19.7. The van der Waals surface area contributed by atoms with Crippen LogP contribution in [-0.4, -0.2) is 50.7 Å². The quantitative estimate of drug-likeness (QED) is 0.722. The zero-order valence-electron chi connectivity index (χ0n) is 14.9. The lowest BCUT2D eigenvalue weighted by atomic mass is 9.71. The summed E-state index contributed by atoms with van der Waals surface area (Å²) in [5.41, 5.74) is 5.98. The van der Waals surface area contributed by atoms with Crippen LogP contribution >= 0.6 is 0 Å². The number of piperidine rings is 1. The number of hydrogen-bond donors (Lipinski definition) is 2. The molecule has 0 atom stereocenters. The van der Waals surface area contributed by atoms with Gasteiger partial charge in [-0.3, -0.25) is 4.79 Å². The maximum absolute atomic E-state index is 12.7. The lowest BCUT2D eigenvalue weighted by Gasteiger charge is -2.39. The number of carbonyl (C=O) groups excluding carboxylic acids is 1. The molecule has 0 radical (unpaired) electrons. The Kier molecular flexibility index (Phi) is 7.07. The van der Waals surface area contributed by atoms with Crippen LogP contribution in [0.5, 0.6) is 0 Å². The van der Waals surface area contributed by atoms with E-state index in [-0.39, 0.29) is 23.1 Å². The maximum atomic E-state index is 12.7. The van der Waals surface area contributed by atoms with Gasteiger partial charge in [0.25, 0.3) is 0 Å².